The molecule has 0 spiro atoms. The second-order valence-corrected chi connectivity index (χ2v) is 18.8. The van der Waals surface area contributed by atoms with Crippen LogP contribution in [0.4, 0.5) is 4.79 Å². The number of amides is 1. The predicted octanol–water partition coefficient (Wildman–Crippen LogP) is 7.00. The lowest BCUT2D eigenvalue weighted by atomic mass is 9.48. The van der Waals surface area contributed by atoms with Crippen molar-refractivity contribution < 1.29 is 23.9 Å². The summed E-state index contributed by atoms with van der Waals surface area (Å²) in [7, 11) is -2.00. The summed E-state index contributed by atoms with van der Waals surface area (Å²) in [5.74, 6) is 1.65. The van der Waals surface area contributed by atoms with Gasteiger partial charge in [-0.1, -0.05) is 48.0 Å². The van der Waals surface area contributed by atoms with Crippen LogP contribution in [0.15, 0.2) is 11.8 Å². The molecule has 0 radical (unpaired) electrons. The number of hydrogen-bond acceptors (Lipinski definition) is 5. The molecule has 36 heavy (non-hydrogen) atoms. The van der Waals surface area contributed by atoms with Crippen molar-refractivity contribution in [2.45, 2.75) is 105 Å². The van der Waals surface area contributed by atoms with Gasteiger partial charge in [0, 0.05) is 18.6 Å². The van der Waals surface area contributed by atoms with E-state index in [1.807, 2.05) is 0 Å². The lowest BCUT2D eigenvalue weighted by molar-refractivity contribution is -0.128. The van der Waals surface area contributed by atoms with E-state index in [1.165, 1.54) is 12.8 Å². The van der Waals surface area contributed by atoms with Gasteiger partial charge in [-0.3, -0.25) is 4.79 Å². The van der Waals surface area contributed by atoms with E-state index >= 15 is 0 Å². The van der Waals surface area contributed by atoms with Gasteiger partial charge in [-0.15, -0.1) is 0 Å². The highest BCUT2D eigenvalue weighted by molar-refractivity contribution is 6.74. The third-order valence-corrected chi connectivity index (χ3v) is 15.8. The smallest absolute Gasteiger partial charge is 0.404 e. The molecule has 3 rings (SSSR count). The summed E-state index contributed by atoms with van der Waals surface area (Å²) in [4.78, 5) is 24.7. The summed E-state index contributed by atoms with van der Waals surface area (Å²) in [6, 6.07) is 0. The first kappa shape index (κ1) is 29.2. The number of fused-ring (bicyclic) bond motifs is 1. The summed E-state index contributed by atoms with van der Waals surface area (Å²) < 4.78 is 12.2. The Morgan fingerprint density at radius 1 is 1.11 bits per heavy atom. The number of primary amides is 1. The molecule has 0 aromatic carbocycles. The Morgan fingerprint density at radius 3 is 2.31 bits per heavy atom. The van der Waals surface area contributed by atoms with Crippen LogP contribution in [-0.4, -0.2) is 38.5 Å². The first-order valence-electron chi connectivity index (χ1n) is 14.0. The van der Waals surface area contributed by atoms with Crippen LogP contribution in [0, 0.1) is 40.4 Å². The number of ether oxygens (including phenoxy) is 1. The number of rotatable bonds is 7. The quantitative estimate of drug-likeness (QED) is 0.213. The van der Waals surface area contributed by atoms with Crippen LogP contribution >= 0.6 is 0 Å². The van der Waals surface area contributed by atoms with E-state index in [4.69, 9.17) is 14.9 Å². The Labute approximate surface area is 219 Å². The molecule has 3 aliphatic rings. The highest BCUT2D eigenvalue weighted by Gasteiger charge is 2.59. The minimum absolute atomic E-state index is 0.0244. The van der Waals surface area contributed by atoms with Crippen LogP contribution in [0.3, 0.4) is 0 Å². The Balaban J connectivity index is 1.98. The normalized spacial score (nSPS) is 38.7. The van der Waals surface area contributed by atoms with Crippen molar-refractivity contribution in [1.29, 1.82) is 0 Å². The van der Waals surface area contributed by atoms with Crippen LogP contribution in [0.2, 0.25) is 18.1 Å². The number of aliphatic hydroxyl groups excluding tert-OH is 1. The summed E-state index contributed by atoms with van der Waals surface area (Å²) in [5.41, 5.74) is 5.96. The molecule has 7 heteroatoms. The maximum Gasteiger partial charge on any atom is 0.404 e. The maximum atomic E-state index is 13.0. The van der Waals surface area contributed by atoms with Crippen LogP contribution in [0.25, 0.3) is 0 Å². The zero-order valence-corrected chi connectivity index (χ0v) is 25.0. The zero-order chi connectivity index (χ0) is 27.1. The van der Waals surface area contributed by atoms with Crippen LogP contribution < -0.4 is 5.73 Å². The number of aliphatic hydroxyl groups is 1. The minimum Gasteiger partial charge on any atom is -0.515 e. The molecule has 3 N–H and O–H groups in total. The van der Waals surface area contributed by atoms with E-state index in [0.29, 0.717) is 43.5 Å². The van der Waals surface area contributed by atoms with E-state index in [1.54, 1.807) is 0 Å². The van der Waals surface area contributed by atoms with Crippen molar-refractivity contribution in [1.82, 2.24) is 0 Å². The van der Waals surface area contributed by atoms with Gasteiger partial charge in [-0.2, -0.15) is 0 Å². The highest BCUT2D eigenvalue weighted by atomic mass is 28.4. The second-order valence-electron chi connectivity index (χ2n) is 14.0. The molecule has 6 nitrogen and oxygen atoms in total. The number of nitrogens with two attached hydrogens (primary N) is 1. The minimum atomic E-state index is -2.00. The number of ketones is 1. The summed E-state index contributed by atoms with van der Waals surface area (Å²) in [6.45, 7) is 19.1. The monoisotopic (exact) mass is 521 g/mol. The van der Waals surface area contributed by atoms with Crippen LogP contribution in [-0.2, 0) is 14.0 Å². The van der Waals surface area contributed by atoms with Gasteiger partial charge in [0.1, 0.15) is 0 Å². The van der Waals surface area contributed by atoms with Crippen molar-refractivity contribution >= 4 is 20.2 Å². The van der Waals surface area contributed by atoms with Crippen molar-refractivity contribution in [3.63, 3.8) is 0 Å². The number of hydrogen-bond donors (Lipinski definition) is 2. The lowest BCUT2D eigenvalue weighted by Crippen LogP contribution is -2.54. The summed E-state index contributed by atoms with van der Waals surface area (Å²) >= 11 is 0. The summed E-state index contributed by atoms with van der Waals surface area (Å²) in [6.07, 6.45) is 6.92. The van der Waals surface area contributed by atoms with Gasteiger partial charge < -0.3 is 20.0 Å². The maximum absolute atomic E-state index is 13.0. The van der Waals surface area contributed by atoms with Gasteiger partial charge >= 0.3 is 6.09 Å². The van der Waals surface area contributed by atoms with Gasteiger partial charge in [0.2, 0.25) is 0 Å². The van der Waals surface area contributed by atoms with Crippen LogP contribution in [0.5, 0.6) is 0 Å². The van der Waals surface area contributed by atoms with Gasteiger partial charge in [-0.05, 0) is 90.7 Å². The van der Waals surface area contributed by atoms with Crippen molar-refractivity contribution in [3.8, 4) is 0 Å². The Morgan fingerprint density at radius 2 is 1.75 bits per heavy atom. The van der Waals surface area contributed by atoms with E-state index in [2.05, 4.69) is 54.6 Å². The fourth-order valence-corrected chi connectivity index (χ4v) is 8.91. The molecular weight excluding hydrogens is 470 g/mol. The molecule has 3 aliphatic carbocycles. The van der Waals surface area contributed by atoms with Gasteiger partial charge in [0.25, 0.3) is 0 Å². The standard InChI is InChI=1S/C29H51NO5Si/c1-9-20-10-11-23-22(18-34-26(30)33)24(12-13-28(20,23)5)29(6)15-19(16-31)25(32)14-21(29)17-35-36(7,8)27(2,3)4/h16,20-24,31H,9-15,17-18H2,1-8H3,(H2,30,33)/t20-,21+,22-,23-,24-,28+,29-/m0/s1. The molecular formula is C29H51NO5Si. The molecule has 7 atom stereocenters. The molecule has 0 heterocycles. The van der Waals surface area contributed by atoms with Gasteiger partial charge in [-0.25, -0.2) is 4.79 Å². The molecule has 0 aromatic heterocycles. The molecule has 0 unspecified atom stereocenters. The number of carbonyl (C=O) groups excluding carboxylic acids is 2. The summed E-state index contributed by atoms with van der Waals surface area (Å²) in [5, 5.41) is 10.0. The van der Waals surface area contributed by atoms with Crippen LogP contribution in [0.1, 0.15) is 86.5 Å². The van der Waals surface area contributed by atoms with E-state index in [9.17, 15) is 14.7 Å². The van der Waals surface area contributed by atoms with Crippen molar-refractivity contribution in [2.75, 3.05) is 13.2 Å². The zero-order valence-electron chi connectivity index (χ0n) is 24.0. The van der Waals surface area contributed by atoms with E-state index < -0.39 is 14.4 Å². The third-order valence-electron chi connectivity index (χ3n) is 11.3. The SMILES string of the molecule is CC[C@H]1CC[C@H]2[C@H](COC(N)=O)[C@@H]([C@@]3(C)CC(=CO)C(=O)C[C@@H]3CO[Si](C)(C)C(C)(C)C)CC[C@]12C. The van der Waals surface area contributed by atoms with Gasteiger partial charge in [0.05, 0.1) is 12.9 Å². The topological polar surface area (TPSA) is 98.9 Å². The molecule has 3 saturated carbocycles. The average Bonchev–Trinajstić information content (AvgIpc) is 3.13. The molecule has 0 saturated heterocycles. The Hall–Kier alpha value is -1.34. The molecule has 3 fully saturated rings. The Kier molecular flexibility index (Phi) is 8.47. The fourth-order valence-electron chi connectivity index (χ4n) is 7.86. The lowest BCUT2D eigenvalue weighted by Gasteiger charge is -2.57. The number of carbonyl (C=O) groups is 2. The van der Waals surface area contributed by atoms with Gasteiger partial charge in [0.15, 0.2) is 14.1 Å². The molecule has 0 bridgehead atoms. The predicted molar refractivity (Wildman–Crippen MR) is 146 cm³/mol. The largest absolute Gasteiger partial charge is 0.515 e. The third kappa shape index (κ3) is 5.29. The van der Waals surface area contributed by atoms with E-state index in [0.717, 1.165) is 25.5 Å². The van der Waals surface area contributed by atoms with Crippen molar-refractivity contribution in [3.05, 3.63) is 11.8 Å². The Bertz CT molecular complexity index is 864. The van der Waals surface area contributed by atoms with Crippen molar-refractivity contribution in [2.24, 2.45) is 46.2 Å². The van der Waals surface area contributed by atoms with E-state index in [-0.39, 0.29) is 39.4 Å². The average molecular weight is 522 g/mol. The number of Topliss-reactive ketones (excluding diaryl/α,β-unsaturated/α-hetero) is 1. The fraction of sp³-hybridized carbons (Fsp3) is 0.862. The molecule has 1 amide bonds. The molecule has 0 aromatic rings. The number of allylic oxidation sites excluding steroid dienone is 1. The first-order chi connectivity index (χ1) is 16.6. The first-order valence-corrected chi connectivity index (χ1v) is 16.9. The molecule has 0 aliphatic heterocycles. The highest BCUT2D eigenvalue weighted by Crippen LogP contribution is 2.64. The second kappa shape index (κ2) is 10.4. The molecule has 206 valence electrons.